The molecule has 3 aromatic rings. The van der Waals surface area contributed by atoms with Gasteiger partial charge in [-0.25, -0.2) is 13.4 Å². The van der Waals surface area contributed by atoms with Crippen LogP contribution in [0.1, 0.15) is 41.7 Å². The van der Waals surface area contributed by atoms with Crippen LogP contribution in [0.2, 0.25) is 5.02 Å². The molecule has 0 saturated heterocycles. The van der Waals surface area contributed by atoms with Gasteiger partial charge >= 0.3 is 0 Å². The van der Waals surface area contributed by atoms with Crippen LogP contribution in [0.15, 0.2) is 53.4 Å². The number of para-hydroxylation sites is 1. The van der Waals surface area contributed by atoms with Crippen LogP contribution in [0.25, 0.3) is 0 Å². The molecule has 34 heavy (non-hydrogen) atoms. The van der Waals surface area contributed by atoms with Crippen LogP contribution >= 0.6 is 22.9 Å². The van der Waals surface area contributed by atoms with Crippen molar-refractivity contribution in [2.24, 2.45) is 0 Å². The topological polar surface area (TPSA) is 96.4 Å². The molecule has 1 aliphatic heterocycles. The minimum atomic E-state index is -3.32. The summed E-state index contributed by atoms with van der Waals surface area (Å²) in [7, 11) is -3.32. The van der Waals surface area contributed by atoms with Crippen LogP contribution in [-0.4, -0.2) is 37.5 Å². The number of carbonyl (C=O) groups is 2. The Hall–Kier alpha value is -2.75. The van der Waals surface area contributed by atoms with Crippen LogP contribution < -0.4 is 10.2 Å². The number of nitrogens with one attached hydrogen (secondary N) is 1. The van der Waals surface area contributed by atoms with Crippen LogP contribution in [0.4, 0.5) is 10.8 Å². The molecule has 1 N–H and O–H groups in total. The summed E-state index contributed by atoms with van der Waals surface area (Å²) in [6.45, 7) is 5.55. The van der Waals surface area contributed by atoms with Crippen LogP contribution in [0.3, 0.4) is 0 Å². The number of rotatable bonds is 6. The predicted molar refractivity (Wildman–Crippen MR) is 135 cm³/mol. The molecule has 0 fully saturated rings. The molecule has 0 bridgehead atoms. The first-order valence-electron chi connectivity index (χ1n) is 10.8. The van der Waals surface area contributed by atoms with Gasteiger partial charge in [0.05, 0.1) is 32.5 Å². The fourth-order valence-corrected chi connectivity index (χ4v) is 5.79. The van der Waals surface area contributed by atoms with Gasteiger partial charge in [-0.1, -0.05) is 54.1 Å². The molecule has 10 heteroatoms. The van der Waals surface area contributed by atoms with E-state index >= 15 is 0 Å². The molecule has 0 aliphatic carbocycles. The normalized spacial score (nSPS) is 14.1. The fraction of sp³-hybridized carbons (Fsp3) is 0.292. The number of fused-ring (bicyclic) bond motifs is 1. The van der Waals surface area contributed by atoms with E-state index in [0.717, 1.165) is 11.3 Å². The van der Waals surface area contributed by atoms with E-state index in [1.165, 1.54) is 12.1 Å². The standard InChI is InChI=1S/C24H24ClN3O4S2/c1-4-34(31,32)16-11-9-15(10-12-16)24(2,3)22(30)27-23-26-18-13-14-28(21(29)20(18)33-23)19-8-6-5-7-17(19)25/h5-12H,4,13-14H2,1-3H3,(H,26,27,30). The first-order chi connectivity index (χ1) is 16.0. The number of halogens is 1. The molecule has 1 aliphatic rings. The minimum Gasteiger partial charge on any atom is -0.306 e. The Kier molecular flexibility index (Phi) is 6.54. The second kappa shape index (κ2) is 9.13. The summed E-state index contributed by atoms with van der Waals surface area (Å²) in [5.41, 5.74) is 1.02. The number of aromatic nitrogens is 1. The monoisotopic (exact) mass is 517 g/mol. The molecular weight excluding hydrogens is 494 g/mol. The number of carbonyl (C=O) groups excluding carboxylic acids is 2. The van der Waals surface area contributed by atoms with Gasteiger partial charge in [0, 0.05) is 13.0 Å². The van der Waals surface area contributed by atoms with E-state index in [1.807, 2.05) is 12.1 Å². The average molecular weight is 518 g/mol. The van der Waals surface area contributed by atoms with Crippen molar-refractivity contribution in [3.8, 4) is 0 Å². The Morgan fingerprint density at radius 1 is 1.18 bits per heavy atom. The smallest absolute Gasteiger partial charge is 0.270 e. The van der Waals surface area contributed by atoms with Gasteiger partial charge in [-0.05, 0) is 43.7 Å². The summed E-state index contributed by atoms with van der Waals surface area (Å²) in [4.78, 5) is 33.0. The Morgan fingerprint density at radius 2 is 1.85 bits per heavy atom. The van der Waals surface area contributed by atoms with Crippen molar-refractivity contribution in [1.82, 2.24) is 4.98 Å². The maximum atomic E-state index is 13.1. The SMILES string of the molecule is CCS(=O)(=O)c1ccc(C(C)(C)C(=O)Nc2nc3c(s2)C(=O)N(c2ccccc2Cl)CC3)cc1. The van der Waals surface area contributed by atoms with Crippen LogP contribution in [0.5, 0.6) is 0 Å². The van der Waals surface area contributed by atoms with Gasteiger partial charge in [-0.15, -0.1) is 0 Å². The van der Waals surface area contributed by atoms with E-state index in [2.05, 4.69) is 10.3 Å². The molecule has 178 valence electrons. The maximum absolute atomic E-state index is 13.1. The number of anilines is 2. The first-order valence-corrected chi connectivity index (χ1v) is 13.6. The van der Waals surface area contributed by atoms with E-state index in [1.54, 1.807) is 49.9 Å². The molecule has 2 aromatic carbocycles. The van der Waals surface area contributed by atoms with E-state index in [0.29, 0.717) is 44.9 Å². The average Bonchev–Trinajstić information content (AvgIpc) is 3.23. The Labute approximate surface area is 207 Å². The minimum absolute atomic E-state index is 0.0115. The molecule has 4 rings (SSSR count). The lowest BCUT2D eigenvalue weighted by Crippen LogP contribution is -2.37. The summed E-state index contributed by atoms with van der Waals surface area (Å²) >= 11 is 7.42. The molecule has 0 unspecified atom stereocenters. The second-order valence-electron chi connectivity index (χ2n) is 8.46. The second-order valence-corrected chi connectivity index (χ2v) is 12.1. The summed E-state index contributed by atoms with van der Waals surface area (Å²) < 4.78 is 24.1. The molecule has 0 saturated carbocycles. The van der Waals surface area contributed by atoms with Crippen molar-refractivity contribution in [2.75, 3.05) is 22.5 Å². The van der Waals surface area contributed by atoms with E-state index in [-0.39, 0.29) is 22.5 Å². The zero-order valence-corrected chi connectivity index (χ0v) is 21.4. The van der Waals surface area contributed by atoms with Crippen molar-refractivity contribution in [1.29, 1.82) is 0 Å². The number of nitrogens with zero attached hydrogens (tertiary/aromatic N) is 2. The lowest BCUT2D eigenvalue weighted by molar-refractivity contribution is -0.120. The number of hydrogen-bond acceptors (Lipinski definition) is 6. The molecule has 0 spiro atoms. The van der Waals surface area contributed by atoms with Crippen molar-refractivity contribution >= 4 is 55.4 Å². The third-order valence-corrected chi connectivity index (χ3v) is 9.03. The van der Waals surface area contributed by atoms with Gasteiger partial charge in [-0.2, -0.15) is 0 Å². The number of benzene rings is 2. The zero-order chi connectivity index (χ0) is 24.7. The number of thiazole rings is 1. The van der Waals surface area contributed by atoms with Gasteiger partial charge in [-0.3, -0.25) is 9.59 Å². The zero-order valence-electron chi connectivity index (χ0n) is 19.0. The van der Waals surface area contributed by atoms with Crippen molar-refractivity contribution in [3.05, 3.63) is 69.7 Å². The fourth-order valence-electron chi connectivity index (χ4n) is 3.71. The number of amides is 2. The number of sulfone groups is 1. The largest absolute Gasteiger partial charge is 0.306 e. The summed E-state index contributed by atoms with van der Waals surface area (Å²) in [6.07, 6.45) is 0.551. The molecular formula is C24H24ClN3O4S2. The third kappa shape index (κ3) is 4.47. The highest BCUT2D eigenvalue weighted by atomic mass is 35.5. The molecule has 2 heterocycles. The highest BCUT2D eigenvalue weighted by Crippen LogP contribution is 2.35. The summed E-state index contributed by atoms with van der Waals surface area (Å²) in [5.74, 6) is -0.489. The quantitative estimate of drug-likeness (QED) is 0.510. The Balaban J connectivity index is 1.53. The van der Waals surface area contributed by atoms with E-state index in [4.69, 9.17) is 11.6 Å². The summed E-state index contributed by atoms with van der Waals surface area (Å²) in [6, 6.07) is 13.5. The Morgan fingerprint density at radius 3 is 2.50 bits per heavy atom. The van der Waals surface area contributed by atoms with Crippen molar-refractivity contribution in [3.63, 3.8) is 0 Å². The lowest BCUT2D eigenvalue weighted by atomic mass is 9.84. The highest BCUT2D eigenvalue weighted by Gasteiger charge is 2.34. The first kappa shape index (κ1) is 24.4. The van der Waals surface area contributed by atoms with Crippen molar-refractivity contribution in [2.45, 2.75) is 37.5 Å². The van der Waals surface area contributed by atoms with E-state index in [9.17, 15) is 18.0 Å². The van der Waals surface area contributed by atoms with Crippen LogP contribution in [-0.2, 0) is 26.5 Å². The highest BCUT2D eigenvalue weighted by molar-refractivity contribution is 7.91. The van der Waals surface area contributed by atoms with Gasteiger partial charge in [0.25, 0.3) is 5.91 Å². The third-order valence-electron chi connectivity index (χ3n) is 5.96. The Bertz CT molecular complexity index is 1370. The van der Waals surface area contributed by atoms with Crippen LogP contribution in [0, 0.1) is 0 Å². The van der Waals surface area contributed by atoms with Gasteiger partial charge < -0.3 is 10.2 Å². The molecule has 0 atom stereocenters. The van der Waals surface area contributed by atoms with Gasteiger partial charge in [0.2, 0.25) is 5.91 Å². The van der Waals surface area contributed by atoms with Crippen molar-refractivity contribution < 1.29 is 18.0 Å². The predicted octanol–water partition coefficient (Wildman–Crippen LogP) is 4.71. The summed E-state index contributed by atoms with van der Waals surface area (Å²) in [5, 5.41) is 3.68. The number of hydrogen-bond donors (Lipinski definition) is 1. The molecule has 7 nitrogen and oxygen atoms in total. The molecule has 0 radical (unpaired) electrons. The van der Waals surface area contributed by atoms with Gasteiger partial charge in [0.15, 0.2) is 15.0 Å². The van der Waals surface area contributed by atoms with Gasteiger partial charge in [0.1, 0.15) is 4.88 Å². The molecule has 2 amide bonds. The maximum Gasteiger partial charge on any atom is 0.270 e. The molecule has 1 aromatic heterocycles. The lowest BCUT2D eigenvalue weighted by Gasteiger charge is -2.26. The van der Waals surface area contributed by atoms with E-state index < -0.39 is 15.3 Å².